The number of ketones is 1. The number of benzene rings is 2. The lowest BCUT2D eigenvalue weighted by molar-refractivity contribution is 0.101. The van der Waals surface area contributed by atoms with E-state index in [1.807, 2.05) is 43.3 Å². The largest absolute Gasteiger partial charge is 0.489 e. The number of halogens is 1. The van der Waals surface area contributed by atoms with Gasteiger partial charge in [-0.15, -0.1) is 0 Å². The van der Waals surface area contributed by atoms with Crippen molar-refractivity contribution in [1.29, 1.82) is 0 Å². The number of rotatable bonds is 5. The van der Waals surface area contributed by atoms with E-state index >= 15 is 0 Å². The summed E-state index contributed by atoms with van der Waals surface area (Å²) in [5, 5.41) is 0.505. The molecule has 0 aromatic heterocycles. The number of hydrogen-bond acceptors (Lipinski definition) is 2. The molecule has 20 heavy (non-hydrogen) atoms. The maximum absolute atomic E-state index is 11.5. The number of carbonyl (C=O) groups is 1. The number of ether oxygens (including phenoxy) is 1. The second kappa shape index (κ2) is 6.58. The first-order valence-electron chi connectivity index (χ1n) is 6.62. The van der Waals surface area contributed by atoms with Crippen LogP contribution in [0, 0.1) is 0 Å². The van der Waals surface area contributed by atoms with E-state index in [-0.39, 0.29) is 5.78 Å². The fraction of sp³-hybridized carbons (Fsp3) is 0.235. The number of carbonyl (C=O) groups excluding carboxylic acids is 1. The van der Waals surface area contributed by atoms with Crippen molar-refractivity contribution in [1.82, 2.24) is 0 Å². The van der Waals surface area contributed by atoms with Gasteiger partial charge in [0.25, 0.3) is 0 Å². The molecule has 0 aliphatic carbocycles. The minimum absolute atomic E-state index is 0.0284. The van der Waals surface area contributed by atoms with Crippen LogP contribution in [0.15, 0.2) is 42.5 Å². The zero-order chi connectivity index (χ0) is 14.5. The highest BCUT2D eigenvalue weighted by molar-refractivity contribution is 6.34. The molecular weight excluding hydrogens is 272 g/mol. The van der Waals surface area contributed by atoms with Gasteiger partial charge in [0.05, 0.1) is 5.02 Å². The molecule has 0 heterocycles. The average molecular weight is 289 g/mol. The summed E-state index contributed by atoms with van der Waals surface area (Å²) in [6, 6.07) is 13.5. The minimum atomic E-state index is -0.0284. The van der Waals surface area contributed by atoms with Crippen LogP contribution in [0.25, 0.3) is 0 Å². The van der Waals surface area contributed by atoms with E-state index in [1.165, 1.54) is 6.92 Å². The Morgan fingerprint density at radius 3 is 2.45 bits per heavy atom. The van der Waals surface area contributed by atoms with Gasteiger partial charge in [-0.1, -0.05) is 48.9 Å². The smallest absolute Gasteiger partial charge is 0.161 e. The number of Topliss-reactive ketones (excluding diaryl/α,β-unsaturated/α-hetero) is 1. The Hall–Kier alpha value is -1.80. The fourth-order valence-electron chi connectivity index (χ4n) is 2.08. The van der Waals surface area contributed by atoms with E-state index in [0.29, 0.717) is 17.2 Å². The monoisotopic (exact) mass is 288 g/mol. The molecule has 0 N–H and O–H groups in total. The molecule has 0 amide bonds. The lowest BCUT2D eigenvalue weighted by Crippen LogP contribution is -2.02. The van der Waals surface area contributed by atoms with Gasteiger partial charge in [-0.05, 0) is 31.0 Å². The van der Waals surface area contributed by atoms with E-state index in [0.717, 1.165) is 23.3 Å². The third kappa shape index (κ3) is 3.20. The van der Waals surface area contributed by atoms with Crippen molar-refractivity contribution in [3.63, 3.8) is 0 Å². The van der Waals surface area contributed by atoms with Gasteiger partial charge in [0, 0.05) is 11.1 Å². The van der Waals surface area contributed by atoms with Crippen LogP contribution in [0.5, 0.6) is 5.75 Å². The van der Waals surface area contributed by atoms with Gasteiger partial charge >= 0.3 is 0 Å². The SMILES string of the molecule is CCc1c(OCc2ccccc2)ccc(C(C)=O)c1Cl. The molecule has 104 valence electrons. The third-order valence-corrected chi connectivity index (χ3v) is 3.60. The van der Waals surface area contributed by atoms with Crippen LogP contribution in [-0.4, -0.2) is 5.78 Å². The molecule has 2 aromatic carbocycles. The normalized spacial score (nSPS) is 10.3. The van der Waals surface area contributed by atoms with Crippen LogP contribution >= 0.6 is 11.6 Å². The van der Waals surface area contributed by atoms with Gasteiger partial charge in [-0.2, -0.15) is 0 Å². The molecule has 2 aromatic rings. The van der Waals surface area contributed by atoms with Crippen molar-refractivity contribution < 1.29 is 9.53 Å². The summed E-state index contributed by atoms with van der Waals surface area (Å²) in [6.07, 6.45) is 0.726. The van der Waals surface area contributed by atoms with Gasteiger partial charge in [0.15, 0.2) is 5.78 Å². The Morgan fingerprint density at radius 1 is 1.15 bits per heavy atom. The zero-order valence-electron chi connectivity index (χ0n) is 11.7. The molecule has 3 heteroatoms. The van der Waals surface area contributed by atoms with Crippen molar-refractivity contribution in [2.24, 2.45) is 0 Å². The van der Waals surface area contributed by atoms with Gasteiger partial charge in [0.1, 0.15) is 12.4 Å². The first-order chi connectivity index (χ1) is 9.63. The van der Waals surface area contributed by atoms with E-state index in [4.69, 9.17) is 16.3 Å². The Labute approximate surface area is 124 Å². The second-order valence-corrected chi connectivity index (χ2v) is 4.97. The molecule has 0 atom stereocenters. The summed E-state index contributed by atoms with van der Waals surface area (Å²) in [7, 11) is 0. The predicted molar refractivity (Wildman–Crippen MR) is 81.6 cm³/mol. The molecule has 0 spiro atoms. The molecule has 2 rings (SSSR count). The van der Waals surface area contributed by atoms with Crippen molar-refractivity contribution in [3.05, 3.63) is 64.2 Å². The minimum Gasteiger partial charge on any atom is -0.489 e. The Balaban J connectivity index is 2.24. The number of hydrogen-bond donors (Lipinski definition) is 0. The first-order valence-corrected chi connectivity index (χ1v) is 7.00. The summed E-state index contributed by atoms with van der Waals surface area (Å²) in [6.45, 7) is 4.01. The first kappa shape index (κ1) is 14.6. The predicted octanol–water partition coefficient (Wildman–Crippen LogP) is 4.68. The Bertz CT molecular complexity index is 606. The van der Waals surface area contributed by atoms with Crippen LogP contribution in [0.4, 0.5) is 0 Å². The van der Waals surface area contributed by atoms with Gasteiger partial charge < -0.3 is 4.74 Å². The highest BCUT2D eigenvalue weighted by Crippen LogP contribution is 2.31. The maximum atomic E-state index is 11.5. The zero-order valence-corrected chi connectivity index (χ0v) is 12.4. The summed E-state index contributed by atoms with van der Waals surface area (Å²) >= 11 is 6.29. The van der Waals surface area contributed by atoms with E-state index < -0.39 is 0 Å². The molecule has 0 radical (unpaired) electrons. The molecule has 0 saturated heterocycles. The van der Waals surface area contributed by atoms with Crippen molar-refractivity contribution in [2.45, 2.75) is 26.9 Å². The lowest BCUT2D eigenvalue weighted by atomic mass is 10.0. The lowest BCUT2D eigenvalue weighted by Gasteiger charge is -2.14. The van der Waals surface area contributed by atoms with Gasteiger partial charge in [0.2, 0.25) is 0 Å². The van der Waals surface area contributed by atoms with Crippen molar-refractivity contribution in [3.8, 4) is 5.75 Å². The van der Waals surface area contributed by atoms with Crippen molar-refractivity contribution >= 4 is 17.4 Å². The summed E-state index contributed by atoms with van der Waals surface area (Å²) < 4.78 is 5.83. The van der Waals surface area contributed by atoms with E-state index in [9.17, 15) is 4.79 Å². The maximum Gasteiger partial charge on any atom is 0.161 e. The molecule has 0 bridgehead atoms. The quantitative estimate of drug-likeness (QED) is 0.747. The highest BCUT2D eigenvalue weighted by Gasteiger charge is 2.14. The molecule has 0 saturated carbocycles. The van der Waals surface area contributed by atoms with Crippen LogP contribution in [-0.2, 0) is 13.0 Å². The molecule has 0 fully saturated rings. The third-order valence-electron chi connectivity index (χ3n) is 3.17. The van der Waals surface area contributed by atoms with Crippen LogP contribution in [0.2, 0.25) is 5.02 Å². The molecular formula is C17H17ClO2. The Morgan fingerprint density at radius 2 is 1.85 bits per heavy atom. The highest BCUT2D eigenvalue weighted by atomic mass is 35.5. The summed E-state index contributed by atoms with van der Waals surface area (Å²) in [5.41, 5.74) is 2.53. The summed E-state index contributed by atoms with van der Waals surface area (Å²) in [4.78, 5) is 11.5. The van der Waals surface area contributed by atoms with Crippen LogP contribution < -0.4 is 4.74 Å². The van der Waals surface area contributed by atoms with Gasteiger partial charge in [-0.25, -0.2) is 0 Å². The van der Waals surface area contributed by atoms with E-state index in [1.54, 1.807) is 6.07 Å². The van der Waals surface area contributed by atoms with Crippen molar-refractivity contribution in [2.75, 3.05) is 0 Å². The Kier molecular flexibility index (Phi) is 4.80. The standard InChI is InChI=1S/C17H17ClO2/c1-3-14-16(10-9-15(12(2)19)17(14)18)20-11-13-7-5-4-6-8-13/h4-10H,3,11H2,1-2H3. The molecule has 0 unspecified atom stereocenters. The molecule has 0 aliphatic heterocycles. The average Bonchev–Trinajstić information content (AvgIpc) is 2.45. The second-order valence-electron chi connectivity index (χ2n) is 4.59. The summed E-state index contributed by atoms with van der Waals surface area (Å²) in [5.74, 6) is 0.714. The van der Waals surface area contributed by atoms with Crippen LogP contribution in [0.1, 0.15) is 35.3 Å². The van der Waals surface area contributed by atoms with Crippen LogP contribution in [0.3, 0.4) is 0 Å². The topological polar surface area (TPSA) is 26.3 Å². The fourth-order valence-corrected chi connectivity index (χ4v) is 2.50. The molecule has 0 aliphatic rings. The van der Waals surface area contributed by atoms with Gasteiger partial charge in [-0.3, -0.25) is 4.79 Å². The molecule has 2 nitrogen and oxygen atoms in total. The van der Waals surface area contributed by atoms with E-state index in [2.05, 4.69) is 0 Å².